The van der Waals surface area contributed by atoms with E-state index in [4.69, 9.17) is 0 Å². The zero-order chi connectivity index (χ0) is 44.7. The summed E-state index contributed by atoms with van der Waals surface area (Å²) >= 11 is 3.43. The quantitative estimate of drug-likeness (QED) is 0.101. The molecule has 58 heavy (non-hydrogen) atoms. The van der Waals surface area contributed by atoms with E-state index >= 15 is 0 Å². The summed E-state index contributed by atoms with van der Waals surface area (Å²) in [5.41, 5.74) is 11.3. The largest absolute Gasteiger partial charge is 0.303 e. The lowest BCUT2D eigenvalue weighted by Gasteiger charge is -2.19. The van der Waals surface area contributed by atoms with Crippen LogP contribution in [0, 0.1) is 5.92 Å². The molecule has 0 saturated heterocycles. The predicted octanol–water partition coefficient (Wildman–Crippen LogP) is 14.5. The molecule has 5 heteroatoms. The van der Waals surface area contributed by atoms with Gasteiger partial charge in [-0.25, -0.2) is 0 Å². The Morgan fingerprint density at radius 2 is 0.862 bits per heavy atom. The molecule has 0 radical (unpaired) electrons. The van der Waals surface area contributed by atoms with Gasteiger partial charge in [-0.2, -0.15) is 0 Å². The van der Waals surface area contributed by atoms with Gasteiger partial charge < -0.3 is 9.59 Å². The molecule has 4 rings (SSSR count). The second-order valence-corrected chi connectivity index (χ2v) is 19.3. The molecule has 318 valence electrons. The summed E-state index contributed by atoms with van der Waals surface area (Å²) in [6, 6.07) is 33.4. The van der Waals surface area contributed by atoms with Crippen LogP contribution in [0.5, 0.6) is 0 Å². The molecular weight excluding hydrogens is 780 g/mol. The van der Waals surface area contributed by atoms with Crippen LogP contribution in [-0.4, -0.2) is 25.1 Å². The van der Waals surface area contributed by atoms with Crippen LogP contribution in [0.3, 0.4) is 0 Å². The van der Waals surface area contributed by atoms with Gasteiger partial charge in [0.1, 0.15) is 25.1 Å². The third kappa shape index (κ3) is 22.6. The molecule has 0 aromatic heterocycles. The Balaban J connectivity index is 0. The maximum absolute atomic E-state index is 10.5. The Morgan fingerprint density at radius 1 is 0.552 bits per heavy atom. The summed E-state index contributed by atoms with van der Waals surface area (Å²) in [4.78, 5) is 40.5. The smallest absolute Gasteiger partial charge is 0.150 e. The first-order valence-electron chi connectivity index (χ1n) is 20.3. The molecule has 0 aliphatic carbocycles. The molecule has 4 aromatic carbocycles. The monoisotopic (exact) mass is 854 g/mol. The average Bonchev–Trinajstić information content (AvgIpc) is 3.17. The molecule has 4 aromatic rings. The van der Waals surface area contributed by atoms with Crippen molar-refractivity contribution in [2.24, 2.45) is 5.92 Å². The van der Waals surface area contributed by atoms with E-state index in [9.17, 15) is 19.2 Å². The summed E-state index contributed by atoms with van der Waals surface area (Å²) in [6.07, 6.45) is 7.00. The molecule has 0 aliphatic heterocycles. The van der Waals surface area contributed by atoms with Crippen LogP contribution in [0.2, 0.25) is 0 Å². The molecule has 1 atom stereocenters. The van der Waals surface area contributed by atoms with E-state index in [1.54, 1.807) is 0 Å². The SMILES string of the molecule is C/C(C=O)=C\c1ccc(C(C)(C)C)cc1.CC(C)(C)c1ccc(C=O)cc1.CC(C)(C)c1ccc(CBr)cc1.CC(C=O)Cc1ccc(C(C)(C)C)cc1.CCC=O.[HH]. The normalized spacial score (nSPS) is 12.0. The van der Waals surface area contributed by atoms with E-state index in [-0.39, 0.29) is 29.0 Å². The minimum atomic E-state index is 0. The molecular formula is C53H75BrO4. The van der Waals surface area contributed by atoms with E-state index in [0.29, 0.717) is 6.42 Å². The van der Waals surface area contributed by atoms with Crippen molar-refractivity contribution in [1.82, 2.24) is 0 Å². The molecule has 0 amide bonds. The Kier molecular flexibility index (Phi) is 24.1. The number of carbonyl (C=O) groups excluding carboxylic acids is 4. The van der Waals surface area contributed by atoms with E-state index < -0.39 is 0 Å². The maximum atomic E-state index is 10.5. The summed E-state index contributed by atoms with van der Waals surface area (Å²) < 4.78 is 0. The van der Waals surface area contributed by atoms with Crippen LogP contribution in [0.1, 0.15) is 161 Å². The lowest BCUT2D eigenvalue weighted by molar-refractivity contribution is -0.110. The number of allylic oxidation sites excluding steroid dienone is 1. The van der Waals surface area contributed by atoms with Crippen molar-refractivity contribution in [3.8, 4) is 0 Å². The van der Waals surface area contributed by atoms with E-state index in [1.165, 1.54) is 33.4 Å². The number of hydrogen-bond acceptors (Lipinski definition) is 4. The zero-order valence-corrected chi connectivity index (χ0v) is 39.9. The Morgan fingerprint density at radius 3 is 1.12 bits per heavy atom. The van der Waals surface area contributed by atoms with Crippen LogP contribution in [0.4, 0.5) is 0 Å². The maximum Gasteiger partial charge on any atom is 0.150 e. The first-order valence-corrected chi connectivity index (χ1v) is 21.4. The van der Waals surface area contributed by atoms with Gasteiger partial charge in [0.05, 0.1) is 0 Å². The summed E-state index contributed by atoms with van der Waals surface area (Å²) in [5.74, 6) is 0.116. The van der Waals surface area contributed by atoms with E-state index in [0.717, 1.165) is 53.6 Å². The zero-order valence-electron chi connectivity index (χ0n) is 38.3. The highest BCUT2D eigenvalue weighted by Gasteiger charge is 2.15. The van der Waals surface area contributed by atoms with Crippen molar-refractivity contribution in [2.75, 3.05) is 0 Å². The van der Waals surface area contributed by atoms with Crippen LogP contribution in [-0.2, 0) is 47.8 Å². The highest BCUT2D eigenvalue weighted by Crippen LogP contribution is 2.25. The second-order valence-electron chi connectivity index (χ2n) is 18.8. The molecule has 0 heterocycles. The summed E-state index contributed by atoms with van der Waals surface area (Å²) in [6.45, 7) is 31.9. The highest BCUT2D eigenvalue weighted by molar-refractivity contribution is 9.08. The average molecular weight is 856 g/mol. The molecule has 0 aliphatic rings. The van der Waals surface area contributed by atoms with Crippen LogP contribution < -0.4 is 0 Å². The second kappa shape index (κ2) is 26.0. The number of aldehydes is 4. The number of alkyl halides is 1. The number of benzene rings is 4. The van der Waals surface area contributed by atoms with Crippen molar-refractivity contribution in [3.05, 3.63) is 147 Å². The number of halogens is 1. The van der Waals surface area contributed by atoms with Gasteiger partial charge in [-0.15, -0.1) is 0 Å². The van der Waals surface area contributed by atoms with Gasteiger partial charge in [-0.1, -0.05) is 210 Å². The van der Waals surface area contributed by atoms with Crippen molar-refractivity contribution in [1.29, 1.82) is 0 Å². The first-order chi connectivity index (χ1) is 26.9. The number of hydrogen-bond donors (Lipinski definition) is 0. The fourth-order valence-corrected chi connectivity index (χ4v) is 5.47. The van der Waals surface area contributed by atoms with E-state index in [2.05, 4.69) is 160 Å². The predicted molar refractivity (Wildman–Crippen MR) is 256 cm³/mol. The Labute approximate surface area is 363 Å². The van der Waals surface area contributed by atoms with Gasteiger partial charge in [0.25, 0.3) is 0 Å². The summed E-state index contributed by atoms with van der Waals surface area (Å²) in [7, 11) is 0. The Hall–Kier alpha value is -4.22. The molecule has 0 fully saturated rings. The van der Waals surface area contributed by atoms with E-state index in [1.807, 2.05) is 63.2 Å². The van der Waals surface area contributed by atoms with Gasteiger partial charge in [-0.05, 0) is 85.6 Å². The standard InChI is InChI=1S/C14H20O.C14H18O.C11H15Br.C11H14O.C3H6O.H2/c2*1-11(10-15)9-12-5-7-13(8-6-12)14(2,3)4;2*1-11(2,3)10-6-4-9(8-12)5-7-10;1-2-3-4;/h5-8,10-11H,9H2,1-4H3;5-10H,1-4H3;4-7H,8H2,1-3H3;4-8H,1-3H3;3H,2H2,1H3;1H/b;11-9+;;;;. The fourth-order valence-electron chi connectivity index (χ4n) is 5.09. The highest BCUT2D eigenvalue weighted by atomic mass is 79.9. The lowest BCUT2D eigenvalue weighted by Crippen LogP contribution is -2.11. The van der Waals surface area contributed by atoms with Gasteiger partial charge in [0.15, 0.2) is 0 Å². The molecule has 4 nitrogen and oxygen atoms in total. The lowest BCUT2D eigenvalue weighted by atomic mass is 9.86. The van der Waals surface area contributed by atoms with Crippen LogP contribution >= 0.6 is 15.9 Å². The molecule has 0 saturated carbocycles. The van der Waals surface area contributed by atoms with Gasteiger partial charge in [0.2, 0.25) is 0 Å². The fraction of sp³-hybridized carbons (Fsp3) is 0.434. The van der Waals surface area contributed by atoms with Crippen molar-refractivity contribution < 1.29 is 20.6 Å². The van der Waals surface area contributed by atoms with Gasteiger partial charge in [-0.3, -0.25) is 9.59 Å². The molecule has 0 spiro atoms. The van der Waals surface area contributed by atoms with Crippen molar-refractivity contribution >= 4 is 47.2 Å². The minimum absolute atomic E-state index is 0. The Bertz CT molecular complexity index is 1790. The third-order valence-corrected chi connectivity index (χ3v) is 9.67. The number of carbonyl (C=O) groups is 4. The summed E-state index contributed by atoms with van der Waals surface area (Å²) in [5, 5.41) is 0.942. The number of rotatable bonds is 8. The van der Waals surface area contributed by atoms with Crippen molar-refractivity contribution in [2.45, 2.75) is 144 Å². The topological polar surface area (TPSA) is 68.3 Å². The van der Waals surface area contributed by atoms with Crippen LogP contribution in [0.15, 0.2) is 103 Å². The minimum Gasteiger partial charge on any atom is -0.303 e. The van der Waals surface area contributed by atoms with Gasteiger partial charge >= 0.3 is 0 Å². The molecule has 0 bridgehead atoms. The third-order valence-electron chi connectivity index (χ3n) is 9.02. The first kappa shape index (κ1) is 53.8. The molecule has 0 N–H and O–H groups in total. The van der Waals surface area contributed by atoms with Crippen molar-refractivity contribution in [3.63, 3.8) is 0 Å². The van der Waals surface area contributed by atoms with Crippen LogP contribution in [0.25, 0.3) is 6.08 Å². The van der Waals surface area contributed by atoms with Gasteiger partial charge in [0, 0.05) is 24.7 Å². The molecule has 1 unspecified atom stereocenters.